The molecule has 15 heteroatoms. The summed E-state index contributed by atoms with van der Waals surface area (Å²) in [6, 6.07) is 12.7. The van der Waals surface area contributed by atoms with E-state index >= 15 is 0 Å². The third kappa shape index (κ3) is 8.36. The number of piperazine rings is 1. The first-order valence-corrected chi connectivity index (χ1v) is 15.7. The summed E-state index contributed by atoms with van der Waals surface area (Å²) in [4.78, 5) is 46.5. The summed E-state index contributed by atoms with van der Waals surface area (Å²) in [6.45, 7) is 6.57. The Morgan fingerprint density at radius 2 is 1.66 bits per heavy atom. The van der Waals surface area contributed by atoms with Gasteiger partial charge in [-0.25, -0.2) is 9.78 Å². The first-order valence-electron chi connectivity index (χ1n) is 14.9. The van der Waals surface area contributed by atoms with Crippen LogP contribution in [-0.2, 0) is 6.18 Å². The van der Waals surface area contributed by atoms with Crippen LogP contribution in [0.15, 0.2) is 54.6 Å². The number of anilines is 4. The van der Waals surface area contributed by atoms with Crippen molar-refractivity contribution < 1.29 is 32.7 Å². The lowest BCUT2D eigenvalue weighted by atomic mass is 10.1. The van der Waals surface area contributed by atoms with E-state index in [0.29, 0.717) is 71.4 Å². The molecule has 0 atom stereocenters. The summed E-state index contributed by atoms with van der Waals surface area (Å²) >= 11 is 1.22. The fourth-order valence-corrected chi connectivity index (χ4v) is 6.01. The van der Waals surface area contributed by atoms with Gasteiger partial charge in [-0.3, -0.25) is 19.8 Å². The number of alkyl halides is 3. The van der Waals surface area contributed by atoms with Gasteiger partial charge in [-0.15, -0.1) is 0 Å². The fraction of sp³-hybridized carbons (Fsp3) is 0.312. The number of carbonyl (C=O) groups excluding carboxylic acids is 3. The highest BCUT2D eigenvalue weighted by Crippen LogP contribution is 2.34. The molecule has 0 unspecified atom stereocenters. The number of aryl methyl sites for hydroxylation is 1. The number of benzene rings is 3. The van der Waals surface area contributed by atoms with Crippen molar-refractivity contribution in [1.29, 1.82) is 0 Å². The Balaban J connectivity index is 1.31. The Labute approximate surface area is 272 Å². The van der Waals surface area contributed by atoms with Crippen LogP contribution in [0.2, 0.25) is 0 Å². The maximum absolute atomic E-state index is 13.8. The Hall–Kier alpha value is -4.73. The zero-order chi connectivity index (χ0) is 33.7. The molecule has 1 aliphatic rings. The van der Waals surface area contributed by atoms with Crippen LogP contribution in [0.1, 0.15) is 38.8 Å². The standard InChI is InChI=1S/C32H34F3N7O4S/c1-3-36-30(46)40-31-39-25-7-5-20(16-27(25)47-31)28(44)38-26-18-23(6-4-19(26)2)37-29(45)21-14-22(32(33,34)35)17-24(15-21)42-10-8-41(9-11-42)12-13-43/h4-7,14-18,43H,3,8-13H2,1-2H3,(H,37,45)(H,38,44)(H2,36,39,40,46). The van der Waals surface area contributed by atoms with E-state index in [1.807, 2.05) is 4.90 Å². The quantitative estimate of drug-likeness (QED) is 0.161. The molecular weight excluding hydrogens is 635 g/mol. The summed E-state index contributed by atoms with van der Waals surface area (Å²) in [5.41, 5.74) is 1.54. The molecule has 47 heavy (non-hydrogen) atoms. The number of β-amino-alcohol motifs (C(OH)–C–C–N with tert-alkyl or cyclic N) is 1. The van der Waals surface area contributed by atoms with Crippen LogP contribution in [0.5, 0.6) is 0 Å². The van der Waals surface area contributed by atoms with Crippen molar-refractivity contribution in [2.24, 2.45) is 0 Å². The van der Waals surface area contributed by atoms with Crippen molar-refractivity contribution >= 4 is 61.6 Å². The number of amides is 4. The Morgan fingerprint density at radius 1 is 0.915 bits per heavy atom. The molecule has 248 valence electrons. The van der Waals surface area contributed by atoms with Crippen LogP contribution in [0.3, 0.4) is 0 Å². The first kappa shape index (κ1) is 33.6. The monoisotopic (exact) mass is 669 g/mol. The number of aromatic nitrogens is 1. The number of rotatable bonds is 9. The number of hydrogen-bond donors (Lipinski definition) is 5. The van der Waals surface area contributed by atoms with Crippen LogP contribution in [-0.4, -0.2) is 78.7 Å². The van der Waals surface area contributed by atoms with E-state index in [1.165, 1.54) is 17.4 Å². The van der Waals surface area contributed by atoms with Crippen LogP contribution < -0.4 is 26.2 Å². The number of nitrogens with zero attached hydrogens (tertiary/aromatic N) is 3. The van der Waals surface area contributed by atoms with Crippen LogP contribution in [0.4, 0.5) is 40.2 Å². The van der Waals surface area contributed by atoms with E-state index < -0.39 is 23.6 Å². The van der Waals surface area contributed by atoms with Crippen LogP contribution >= 0.6 is 11.3 Å². The topological polar surface area (TPSA) is 139 Å². The molecule has 0 aliphatic carbocycles. The molecule has 0 radical (unpaired) electrons. The number of fused-ring (bicyclic) bond motifs is 1. The van der Waals surface area contributed by atoms with Gasteiger partial charge in [-0.1, -0.05) is 17.4 Å². The van der Waals surface area contributed by atoms with E-state index in [9.17, 15) is 32.7 Å². The fourth-order valence-electron chi connectivity index (χ4n) is 5.11. The van der Waals surface area contributed by atoms with Gasteiger partial charge in [0.05, 0.1) is 22.4 Å². The second-order valence-corrected chi connectivity index (χ2v) is 12.0. The molecule has 1 aromatic heterocycles. The van der Waals surface area contributed by atoms with Crippen molar-refractivity contribution in [2.75, 3.05) is 66.7 Å². The number of hydrogen-bond acceptors (Lipinski definition) is 8. The Kier molecular flexibility index (Phi) is 10.3. The molecule has 11 nitrogen and oxygen atoms in total. The minimum absolute atomic E-state index is 0.00113. The molecule has 0 saturated carbocycles. The second-order valence-electron chi connectivity index (χ2n) is 10.9. The smallest absolute Gasteiger partial charge is 0.395 e. The van der Waals surface area contributed by atoms with Crippen LogP contribution in [0, 0.1) is 6.92 Å². The van der Waals surface area contributed by atoms with E-state index in [1.54, 1.807) is 55.1 Å². The van der Waals surface area contributed by atoms with Crippen molar-refractivity contribution in [2.45, 2.75) is 20.0 Å². The number of aliphatic hydroxyl groups is 1. The molecule has 4 aromatic rings. The van der Waals surface area contributed by atoms with Crippen molar-refractivity contribution in [3.63, 3.8) is 0 Å². The third-order valence-electron chi connectivity index (χ3n) is 7.61. The van der Waals surface area contributed by atoms with Gasteiger partial charge in [0, 0.05) is 67.5 Å². The predicted octanol–water partition coefficient (Wildman–Crippen LogP) is 5.38. The number of carbonyl (C=O) groups is 3. The lowest BCUT2D eigenvalue weighted by Gasteiger charge is -2.36. The Bertz CT molecular complexity index is 1790. The van der Waals surface area contributed by atoms with Gasteiger partial charge in [0.25, 0.3) is 11.8 Å². The number of halogens is 3. The molecule has 4 amide bonds. The highest BCUT2D eigenvalue weighted by atomic mass is 32.1. The van der Waals surface area contributed by atoms with E-state index in [4.69, 9.17) is 0 Å². The van der Waals surface area contributed by atoms with Gasteiger partial charge in [-0.05, 0) is 67.9 Å². The maximum Gasteiger partial charge on any atom is 0.416 e. The van der Waals surface area contributed by atoms with Gasteiger partial charge in [-0.2, -0.15) is 13.2 Å². The minimum atomic E-state index is -4.66. The van der Waals surface area contributed by atoms with Gasteiger partial charge >= 0.3 is 12.2 Å². The third-order valence-corrected chi connectivity index (χ3v) is 8.55. The number of urea groups is 1. The second kappa shape index (κ2) is 14.4. The van der Waals surface area contributed by atoms with E-state index in [0.717, 1.165) is 12.1 Å². The zero-order valence-electron chi connectivity index (χ0n) is 25.7. The molecule has 5 N–H and O–H groups in total. The lowest BCUT2D eigenvalue weighted by Crippen LogP contribution is -2.47. The predicted molar refractivity (Wildman–Crippen MR) is 177 cm³/mol. The highest BCUT2D eigenvalue weighted by Gasteiger charge is 2.33. The molecule has 0 spiro atoms. The molecule has 1 fully saturated rings. The van der Waals surface area contributed by atoms with E-state index in [-0.39, 0.29) is 29.6 Å². The molecule has 2 heterocycles. The van der Waals surface area contributed by atoms with Gasteiger partial charge in [0.1, 0.15) is 0 Å². The normalized spacial score (nSPS) is 13.8. The first-order chi connectivity index (χ1) is 22.4. The summed E-state index contributed by atoms with van der Waals surface area (Å²) in [5, 5.41) is 20.3. The average molecular weight is 670 g/mol. The van der Waals surface area contributed by atoms with Crippen molar-refractivity contribution in [3.8, 4) is 0 Å². The molecule has 5 rings (SSSR count). The molecule has 1 aliphatic heterocycles. The van der Waals surface area contributed by atoms with Gasteiger partial charge in [0.15, 0.2) is 5.13 Å². The zero-order valence-corrected chi connectivity index (χ0v) is 26.5. The number of nitrogens with one attached hydrogen (secondary N) is 4. The number of thiazole rings is 1. The summed E-state index contributed by atoms with van der Waals surface area (Å²) in [7, 11) is 0. The summed E-state index contributed by atoms with van der Waals surface area (Å²) in [5.74, 6) is -1.16. The Morgan fingerprint density at radius 3 is 2.36 bits per heavy atom. The van der Waals surface area contributed by atoms with E-state index in [2.05, 4.69) is 26.3 Å². The minimum Gasteiger partial charge on any atom is -0.395 e. The molecule has 3 aromatic carbocycles. The maximum atomic E-state index is 13.8. The van der Waals surface area contributed by atoms with Gasteiger partial charge in [0.2, 0.25) is 0 Å². The summed E-state index contributed by atoms with van der Waals surface area (Å²) in [6.07, 6.45) is -4.66. The average Bonchev–Trinajstić information content (AvgIpc) is 3.44. The van der Waals surface area contributed by atoms with Crippen molar-refractivity contribution in [1.82, 2.24) is 15.2 Å². The molecule has 1 saturated heterocycles. The SMILES string of the molecule is CCNC(=O)Nc1nc2ccc(C(=O)Nc3cc(NC(=O)c4cc(N5CCN(CCO)CC5)cc(C(F)(F)F)c4)ccc3C)cc2s1. The van der Waals surface area contributed by atoms with Crippen molar-refractivity contribution in [3.05, 3.63) is 76.9 Å². The molecular formula is C32H34F3N7O4S. The summed E-state index contributed by atoms with van der Waals surface area (Å²) < 4.78 is 42.2. The largest absolute Gasteiger partial charge is 0.416 e. The number of aliphatic hydroxyl groups excluding tert-OH is 1. The lowest BCUT2D eigenvalue weighted by molar-refractivity contribution is -0.137. The van der Waals surface area contributed by atoms with Gasteiger partial charge < -0.3 is 26.0 Å². The molecule has 0 bridgehead atoms. The highest BCUT2D eigenvalue weighted by molar-refractivity contribution is 7.22. The van der Waals surface area contributed by atoms with Crippen LogP contribution in [0.25, 0.3) is 10.2 Å².